The molecule has 0 radical (unpaired) electrons. The molecule has 76 valence electrons. The summed E-state index contributed by atoms with van der Waals surface area (Å²) in [6.07, 6.45) is 0. The van der Waals surface area contributed by atoms with Gasteiger partial charge in [0.2, 0.25) is 0 Å². The Balaban J connectivity index is 3.06. The highest BCUT2D eigenvalue weighted by Gasteiger charge is 2.20. The first-order valence-electron chi connectivity index (χ1n) is 3.75. The lowest BCUT2D eigenvalue weighted by Gasteiger charge is -2.05. The zero-order chi connectivity index (χ0) is 10.7. The summed E-state index contributed by atoms with van der Waals surface area (Å²) in [5.74, 6) is -2.34. The largest absolute Gasteiger partial charge is 0.292 e. The van der Waals surface area contributed by atoms with E-state index in [0.717, 1.165) is 18.2 Å². The Bertz CT molecular complexity index is 355. The molecule has 0 saturated heterocycles. The van der Waals surface area contributed by atoms with E-state index in [9.17, 15) is 13.6 Å². The predicted octanol–water partition coefficient (Wildman–Crippen LogP) is 2.99. The third-order valence-corrected chi connectivity index (χ3v) is 2.43. The van der Waals surface area contributed by atoms with Gasteiger partial charge in [-0.2, -0.15) is 0 Å². The Kier molecular flexibility index (Phi) is 3.84. The van der Waals surface area contributed by atoms with E-state index in [1.54, 1.807) is 0 Å². The second kappa shape index (κ2) is 4.71. The molecule has 1 nitrogen and oxygen atoms in total. The summed E-state index contributed by atoms with van der Waals surface area (Å²) >= 11 is 10.8. The second-order valence-corrected chi connectivity index (χ2v) is 3.45. The van der Waals surface area contributed by atoms with Crippen LogP contribution in [0.1, 0.15) is 10.4 Å². The molecule has 0 fully saturated rings. The molecular weight excluding hydrogens is 233 g/mol. The summed E-state index contributed by atoms with van der Waals surface area (Å²) < 4.78 is 25.7. The number of carbonyl (C=O) groups excluding carboxylic acids is 1. The van der Waals surface area contributed by atoms with Crippen molar-refractivity contribution in [1.29, 1.82) is 0 Å². The summed E-state index contributed by atoms with van der Waals surface area (Å²) in [5.41, 5.74) is -0.370. The Morgan fingerprint density at radius 2 is 2.07 bits per heavy atom. The molecule has 0 amide bonds. The fourth-order valence-corrected chi connectivity index (χ4v) is 1.18. The first-order valence-corrected chi connectivity index (χ1v) is 4.72. The number of ketones is 1. The van der Waals surface area contributed by atoms with E-state index in [2.05, 4.69) is 0 Å². The van der Waals surface area contributed by atoms with Crippen LogP contribution in [0.15, 0.2) is 18.2 Å². The van der Waals surface area contributed by atoms with Crippen LogP contribution in [0.25, 0.3) is 0 Å². The maximum atomic E-state index is 13.0. The van der Waals surface area contributed by atoms with Crippen LogP contribution >= 0.6 is 23.2 Å². The highest BCUT2D eigenvalue weighted by atomic mass is 35.5. The second-order valence-electron chi connectivity index (χ2n) is 2.61. The monoisotopic (exact) mass is 238 g/mol. The highest BCUT2D eigenvalue weighted by Crippen LogP contribution is 2.15. The zero-order valence-corrected chi connectivity index (χ0v) is 8.45. The van der Waals surface area contributed by atoms with Gasteiger partial charge in [0, 0.05) is 5.88 Å². The van der Waals surface area contributed by atoms with Crippen LogP contribution in [0.5, 0.6) is 0 Å². The summed E-state index contributed by atoms with van der Waals surface area (Å²) in [4.78, 5) is 11.3. The average Bonchev–Trinajstić information content (AvgIpc) is 2.19. The molecule has 0 aliphatic heterocycles. The van der Waals surface area contributed by atoms with Crippen molar-refractivity contribution in [3.8, 4) is 0 Å². The molecule has 0 bridgehead atoms. The van der Waals surface area contributed by atoms with Gasteiger partial charge < -0.3 is 0 Å². The van der Waals surface area contributed by atoms with Crippen molar-refractivity contribution >= 4 is 29.0 Å². The molecule has 1 aromatic rings. The lowest BCUT2D eigenvalue weighted by atomic mass is 10.1. The van der Waals surface area contributed by atoms with E-state index < -0.39 is 22.8 Å². The van der Waals surface area contributed by atoms with Crippen molar-refractivity contribution in [1.82, 2.24) is 0 Å². The topological polar surface area (TPSA) is 17.1 Å². The molecule has 1 atom stereocenters. The lowest BCUT2D eigenvalue weighted by Crippen LogP contribution is -2.17. The maximum Gasteiger partial charge on any atom is 0.184 e. The minimum atomic E-state index is -1.03. The number of rotatable bonds is 3. The molecule has 1 rings (SSSR count). The van der Waals surface area contributed by atoms with Crippen LogP contribution in [0.3, 0.4) is 0 Å². The summed E-state index contributed by atoms with van der Waals surface area (Å²) in [6.45, 7) is 0. The number of Topliss-reactive ketones (excluding diaryl/α,β-unsaturated/α-hetero) is 1. The van der Waals surface area contributed by atoms with E-state index >= 15 is 0 Å². The molecule has 0 aromatic heterocycles. The summed E-state index contributed by atoms with van der Waals surface area (Å²) in [7, 11) is 0. The molecule has 14 heavy (non-hydrogen) atoms. The number of carbonyl (C=O) groups is 1. The van der Waals surface area contributed by atoms with Crippen LogP contribution in [-0.4, -0.2) is 17.0 Å². The molecular formula is C9H6Cl2F2O. The molecule has 1 aromatic carbocycles. The van der Waals surface area contributed by atoms with Crippen LogP contribution in [-0.2, 0) is 0 Å². The fraction of sp³-hybridized carbons (Fsp3) is 0.222. The minimum absolute atomic E-state index is 0.143. The van der Waals surface area contributed by atoms with Gasteiger partial charge in [-0.15, -0.1) is 23.2 Å². The minimum Gasteiger partial charge on any atom is -0.292 e. The smallest absolute Gasteiger partial charge is 0.184 e. The van der Waals surface area contributed by atoms with Gasteiger partial charge in [-0.3, -0.25) is 4.79 Å². The molecule has 0 N–H and O–H groups in total. The quantitative estimate of drug-likeness (QED) is 0.585. The molecule has 1 unspecified atom stereocenters. The normalized spacial score (nSPS) is 12.6. The SMILES string of the molecule is O=C(c1cc(F)ccc1F)C(Cl)CCl. The molecule has 0 saturated carbocycles. The number of hydrogen-bond acceptors (Lipinski definition) is 1. The van der Waals surface area contributed by atoms with Crippen molar-refractivity contribution in [2.75, 3.05) is 5.88 Å². The summed E-state index contributed by atoms with van der Waals surface area (Å²) in [6, 6.07) is 2.61. The van der Waals surface area contributed by atoms with E-state index in [-0.39, 0.29) is 11.4 Å². The van der Waals surface area contributed by atoms with Gasteiger partial charge in [-0.1, -0.05) is 0 Å². The molecule has 0 aliphatic carbocycles. The number of halogens is 4. The van der Waals surface area contributed by atoms with Gasteiger partial charge in [0.15, 0.2) is 5.78 Å². The summed E-state index contributed by atoms with van der Waals surface area (Å²) in [5, 5.41) is -1.03. The van der Waals surface area contributed by atoms with Gasteiger partial charge in [-0.25, -0.2) is 8.78 Å². The molecule has 0 spiro atoms. The van der Waals surface area contributed by atoms with Crippen molar-refractivity contribution in [3.63, 3.8) is 0 Å². The van der Waals surface area contributed by atoms with E-state index in [4.69, 9.17) is 23.2 Å². The van der Waals surface area contributed by atoms with Crippen LogP contribution in [0, 0.1) is 11.6 Å². The fourth-order valence-electron chi connectivity index (χ4n) is 0.925. The molecule has 0 heterocycles. The third kappa shape index (κ3) is 2.42. The Morgan fingerprint density at radius 1 is 1.43 bits per heavy atom. The first-order chi connectivity index (χ1) is 6.56. The predicted molar refractivity (Wildman–Crippen MR) is 51.0 cm³/mol. The maximum absolute atomic E-state index is 13.0. The van der Waals surface area contributed by atoms with Crippen LogP contribution in [0.2, 0.25) is 0 Å². The van der Waals surface area contributed by atoms with Gasteiger partial charge >= 0.3 is 0 Å². The Labute approximate surface area is 89.6 Å². The number of alkyl halides is 2. The Hall–Kier alpha value is -0.670. The van der Waals surface area contributed by atoms with Gasteiger partial charge in [0.25, 0.3) is 0 Å². The van der Waals surface area contributed by atoms with Crippen LogP contribution in [0.4, 0.5) is 8.78 Å². The van der Waals surface area contributed by atoms with Crippen molar-refractivity contribution in [2.24, 2.45) is 0 Å². The Morgan fingerprint density at radius 3 is 2.64 bits per heavy atom. The van der Waals surface area contributed by atoms with E-state index in [0.29, 0.717) is 0 Å². The van der Waals surface area contributed by atoms with Gasteiger partial charge in [0.1, 0.15) is 17.0 Å². The van der Waals surface area contributed by atoms with E-state index in [1.807, 2.05) is 0 Å². The number of benzene rings is 1. The van der Waals surface area contributed by atoms with Gasteiger partial charge in [-0.05, 0) is 18.2 Å². The molecule has 0 aliphatic rings. The lowest BCUT2D eigenvalue weighted by molar-refractivity contribution is 0.0988. The first kappa shape index (κ1) is 11.4. The van der Waals surface area contributed by atoms with Crippen molar-refractivity contribution in [3.05, 3.63) is 35.4 Å². The van der Waals surface area contributed by atoms with Gasteiger partial charge in [0.05, 0.1) is 5.56 Å². The zero-order valence-electron chi connectivity index (χ0n) is 6.94. The highest BCUT2D eigenvalue weighted by molar-refractivity contribution is 6.38. The van der Waals surface area contributed by atoms with Crippen LogP contribution < -0.4 is 0 Å². The third-order valence-electron chi connectivity index (χ3n) is 1.61. The molecule has 5 heteroatoms. The van der Waals surface area contributed by atoms with Crippen molar-refractivity contribution in [2.45, 2.75) is 5.38 Å². The van der Waals surface area contributed by atoms with Crippen molar-refractivity contribution < 1.29 is 13.6 Å². The average molecular weight is 239 g/mol. The van der Waals surface area contributed by atoms with E-state index in [1.165, 1.54) is 0 Å². The number of hydrogen-bond donors (Lipinski definition) is 0. The standard InChI is InChI=1S/C9H6Cl2F2O/c10-4-7(11)9(14)6-3-5(12)1-2-8(6)13/h1-3,7H,4H2.